The molecule has 0 atom stereocenters. The van der Waals surface area contributed by atoms with Crippen LogP contribution >= 0.6 is 0 Å². The van der Waals surface area contributed by atoms with Gasteiger partial charge in [-0.3, -0.25) is 0 Å². The predicted molar refractivity (Wildman–Crippen MR) is 54.5 cm³/mol. The number of aromatic amines is 1. The van der Waals surface area contributed by atoms with Crippen molar-refractivity contribution < 1.29 is 1.43 Å². The van der Waals surface area contributed by atoms with E-state index in [1.807, 2.05) is 0 Å². The maximum absolute atomic E-state index is 3.38. The fraction of sp³-hybridized carbons (Fsp3) is 0.273. The van der Waals surface area contributed by atoms with E-state index in [2.05, 4.69) is 43.1 Å². The molecule has 0 radical (unpaired) electrons. The van der Waals surface area contributed by atoms with Gasteiger partial charge in [-0.15, -0.1) is 0 Å². The van der Waals surface area contributed by atoms with Gasteiger partial charge in [0.1, 0.15) is 0 Å². The van der Waals surface area contributed by atoms with Crippen LogP contribution in [0.4, 0.5) is 0 Å². The average molecular weight is 161 g/mol. The molecule has 0 amide bonds. The Balaban J connectivity index is 0.000000845. The Morgan fingerprint density at radius 2 is 2.08 bits per heavy atom. The van der Waals surface area contributed by atoms with E-state index in [9.17, 15) is 0 Å². The zero-order valence-electron chi connectivity index (χ0n) is 7.52. The van der Waals surface area contributed by atoms with E-state index in [1.54, 1.807) is 0 Å². The lowest BCUT2D eigenvalue weighted by molar-refractivity contribution is 1.11. The molecule has 0 saturated heterocycles. The number of rotatable bonds is 1. The number of aromatic nitrogens is 1. The molecule has 1 heterocycles. The lowest BCUT2D eigenvalue weighted by atomic mass is 10.1. The summed E-state index contributed by atoms with van der Waals surface area (Å²) in [6.07, 6.45) is 1.11. The monoisotopic (exact) mass is 161 g/mol. The van der Waals surface area contributed by atoms with E-state index in [0.717, 1.165) is 6.42 Å². The van der Waals surface area contributed by atoms with Gasteiger partial charge in [-0.1, -0.05) is 25.1 Å². The molecule has 1 N–H and O–H groups in total. The van der Waals surface area contributed by atoms with E-state index in [0.29, 0.717) is 0 Å². The molecular formula is C11H15N. The molecule has 0 aliphatic rings. The molecule has 64 valence electrons. The van der Waals surface area contributed by atoms with Crippen molar-refractivity contribution in [1.82, 2.24) is 4.98 Å². The van der Waals surface area contributed by atoms with Crippen LogP contribution in [0.3, 0.4) is 0 Å². The molecule has 0 bridgehead atoms. The highest BCUT2D eigenvalue weighted by molar-refractivity contribution is 5.84. The van der Waals surface area contributed by atoms with Crippen molar-refractivity contribution in [1.29, 1.82) is 0 Å². The van der Waals surface area contributed by atoms with Gasteiger partial charge in [-0.2, -0.15) is 0 Å². The third-order valence-electron chi connectivity index (χ3n) is 2.38. The van der Waals surface area contributed by atoms with Crippen molar-refractivity contribution in [3.8, 4) is 0 Å². The second-order valence-corrected chi connectivity index (χ2v) is 3.13. The molecule has 0 fully saturated rings. The van der Waals surface area contributed by atoms with Crippen molar-refractivity contribution in [3.63, 3.8) is 0 Å². The molecule has 0 spiro atoms. The third-order valence-corrected chi connectivity index (χ3v) is 2.38. The molecule has 1 nitrogen and oxygen atoms in total. The number of benzene rings is 1. The van der Waals surface area contributed by atoms with Gasteiger partial charge in [0.2, 0.25) is 0 Å². The van der Waals surface area contributed by atoms with Crippen LogP contribution in [-0.2, 0) is 6.42 Å². The molecule has 0 aliphatic heterocycles. The van der Waals surface area contributed by atoms with Crippen LogP contribution in [0.2, 0.25) is 0 Å². The Morgan fingerprint density at radius 3 is 2.83 bits per heavy atom. The number of H-pyrrole nitrogens is 1. The van der Waals surface area contributed by atoms with Crippen molar-refractivity contribution >= 4 is 10.9 Å². The Bertz CT molecular complexity index is 403. The predicted octanol–water partition coefficient (Wildman–Crippen LogP) is 3.28. The van der Waals surface area contributed by atoms with Gasteiger partial charge < -0.3 is 4.98 Å². The first-order valence-electron chi connectivity index (χ1n) is 4.39. The zero-order chi connectivity index (χ0) is 8.55. The smallest absolute Gasteiger partial charge is 0.0458 e. The molecule has 0 unspecified atom stereocenters. The van der Waals surface area contributed by atoms with Crippen LogP contribution < -0.4 is 0 Å². The molecule has 0 saturated carbocycles. The fourth-order valence-corrected chi connectivity index (χ4v) is 1.79. The number of hydrogen-bond donors (Lipinski definition) is 1. The number of fused-ring (bicyclic) bond motifs is 1. The first kappa shape index (κ1) is 7.41. The lowest BCUT2D eigenvalue weighted by Gasteiger charge is -1.93. The molecule has 0 aliphatic carbocycles. The minimum atomic E-state index is 0. The lowest BCUT2D eigenvalue weighted by Crippen LogP contribution is -1.79. The van der Waals surface area contributed by atoms with Crippen molar-refractivity contribution in [2.45, 2.75) is 20.3 Å². The van der Waals surface area contributed by atoms with Crippen molar-refractivity contribution in [2.75, 3.05) is 0 Å². The summed E-state index contributed by atoms with van der Waals surface area (Å²) in [6, 6.07) is 8.46. The molecule has 2 rings (SSSR count). The highest BCUT2D eigenvalue weighted by Gasteiger charge is 2.03. The number of aryl methyl sites for hydroxylation is 2. The van der Waals surface area contributed by atoms with E-state index >= 15 is 0 Å². The van der Waals surface area contributed by atoms with Crippen LogP contribution in [0.5, 0.6) is 0 Å². The van der Waals surface area contributed by atoms with E-state index < -0.39 is 0 Å². The van der Waals surface area contributed by atoms with Gasteiger partial charge in [0, 0.05) is 18.0 Å². The summed E-state index contributed by atoms with van der Waals surface area (Å²) in [5, 5.41) is 1.37. The Hall–Kier alpha value is -1.24. The topological polar surface area (TPSA) is 15.8 Å². The summed E-state index contributed by atoms with van der Waals surface area (Å²) >= 11 is 0. The molecule has 12 heavy (non-hydrogen) atoms. The van der Waals surface area contributed by atoms with Crippen molar-refractivity contribution in [3.05, 3.63) is 35.5 Å². The van der Waals surface area contributed by atoms with Crippen LogP contribution in [0.15, 0.2) is 24.3 Å². The summed E-state index contributed by atoms with van der Waals surface area (Å²) in [5.74, 6) is 0. The van der Waals surface area contributed by atoms with E-state index in [4.69, 9.17) is 0 Å². The standard InChI is InChI=1S/C11H13N.H2/c1-3-9-8(2)12-11-7-5-4-6-10(9)11;/h4-7,12H,3H2,1-2H3;1H. The highest BCUT2D eigenvalue weighted by atomic mass is 14.7. The quantitative estimate of drug-likeness (QED) is 0.660. The number of nitrogens with one attached hydrogen (secondary N) is 1. The SMILES string of the molecule is CCc1c(C)[nH]c2ccccc12.[HH]. The third kappa shape index (κ3) is 0.934. The summed E-state index contributed by atoms with van der Waals surface area (Å²) in [7, 11) is 0. The largest absolute Gasteiger partial charge is 0.358 e. The minimum absolute atomic E-state index is 0. The van der Waals surface area contributed by atoms with Gasteiger partial charge in [-0.05, 0) is 25.0 Å². The molecular weight excluding hydrogens is 146 g/mol. The maximum Gasteiger partial charge on any atom is 0.0458 e. The molecule has 2 aromatic rings. The Labute approximate surface area is 73.9 Å². The van der Waals surface area contributed by atoms with Gasteiger partial charge >= 0.3 is 0 Å². The zero-order valence-corrected chi connectivity index (χ0v) is 7.52. The van der Waals surface area contributed by atoms with E-state index in [1.165, 1.54) is 22.2 Å². The first-order chi connectivity index (χ1) is 5.83. The summed E-state index contributed by atoms with van der Waals surface area (Å²) in [6.45, 7) is 4.33. The number of para-hydroxylation sites is 1. The van der Waals surface area contributed by atoms with E-state index in [-0.39, 0.29) is 1.43 Å². The second-order valence-electron chi connectivity index (χ2n) is 3.13. The van der Waals surface area contributed by atoms with Gasteiger partial charge in [0.25, 0.3) is 0 Å². The normalized spacial score (nSPS) is 10.8. The van der Waals surface area contributed by atoms with Gasteiger partial charge in [0.15, 0.2) is 0 Å². The average Bonchev–Trinajstić information content (AvgIpc) is 2.40. The summed E-state index contributed by atoms with van der Waals surface area (Å²) in [4.78, 5) is 3.38. The Kier molecular flexibility index (Phi) is 1.65. The highest BCUT2D eigenvalue weighted by Crippen LogP contribution is 2.21. The Morgan fingerprint density at radius 1 is 1.33 bits per heavy atom. The molecule has 1 heteroatoms. The van der Waals surface area contributed by atoms with Gasteiger partial charge in [-0.25, -0.2) is 0 Å². The van der Waals surface area contributed by atoms with Crippen LogP contribution in [-0.4, -0.2) is 4.98 Å². The fourth-order valence-electron chi connectivity index (χ4n) is 1.79. The van der Waals surface area contributed by atoms with Crippen LogP contribution in [0.25, 0.3) is 10.9 Å². The summed E-state index contributed by atoms with van der Waals surface area (Å²) in [5.41, 5.74) is 4.01. The maximum atomic E-state index is 3.38. The minimum Gasteiger partial charge on any atom is -0.358 e. The number of hydrogen-bond acceptors (Lipinski definition) is 0. The van der Waals surface area contributed by atoms with Gasteiger partial charge in [0.05, 0.1) is 0 Å². The first-order valence-corrected chi connectivity index (χ1v) is 4.39. The van der Waals surface area contributed by atoms with Crippen LogP contribution in [0.1, 0.15) is 19.6 Å². The second kappa shape index (κ2) is 2.67. The summed E-state index contributed by atoms with van der Waals surface area (Å²) < 4.78 is 0. The van der Waals surface area contributed by atoms with Crippen LogP contribution in [0, 0.1) is 6.92 Å². The van der Waals surface area contributed by atoms with Crippen molar-refractivity contribution in [2.24, 2.45) is 0 Å². The molecule has 1 aromatic heterocycles. The molecule has 1 aromatic carbocycles.